The second-order valence-corrected chi connectivity index (χ2v) is 12.7. The van der Waals surface area contributed by atoms with E-state index in [2.05, 4.69) is 186 Å². The van der Waals surface area contributed by atoms with Crippen molar-refractivity contribution in [3.8, 4) is 11.1 Å². The number of benzene rings is 6. The van der Waals surface area contributed by atoms with Crippen LogP contribution in [0.3, 0.4) is 0 Å². The van der Waals surface area contributed by atoms with Crippen molar-refractivity contribution in [2.45, 2.75) is 5.41 Å². The van der Waals surface area contributed by atoms with E-state index in [1.807, 2.05) is 0 Å². The summed E-state index contributed by atoms with van der Waals surface area (Å²) in [6.45, 7) is 2.81. The second-order valence-electron chi connectivity index (χ2n) is 12.7. The van der Waals surface area contributed by atoms with E-state index in [0.29, 0.717) is 6.54 Å². The maximum Gasteiger partial charge on any atom is 4.00 e. The van der Waals surface area contributed by atoms with E-state index in [-0.39, 0.29) is 21.1 Å². The summed E-state index contributed by atoms with van der Waals surface area (Å²) in [5.41, 5.74) is 12.0. The Labute approximate surface area is 300 Å². The minimum Gasteiger partial charge on any atom is -0.504 e. The first-order chi connectivity index (χ1) is 23.7. The van der Waals surface area contributed by atoms with Crippen LogP contribution in [-0.2, 0) is 26.5 Å². The van der Waals surface area contributed by atoms with Gasteiger partial charge in [0.05, 0.1) is 0 Å². The van der Waals surface area contributed by atoms with Crippen LogP contribution in [0.25, 0.3) is 44.1 Å². The summed E-state index contributed by atoms with van der Waals surface area (Å²) >= 11 is 0. The van der Waals surface area contributed by atoms with Crippen LogP contribution < -0.4 is 9.80 Å². The number of fused-ring (bicyclic) bond motifs is 7. The topological polar surface area (TPSA) is 25.5 Å². The molecule has 0 radical (unpaired) electrons. The van der Waals surface area contributed by atoms with E-state index >= 15 is 0 Å². The van der Waals surface area contributed by atoms with E-state index in [1.165, 1.54) is 38.7 Å². The van der Waals surface area contributed by atoms with Crippen LogP contribution in [0, 0.1) is 18.8 Å². The third-order valence-electron chi connectivity index (χ3n) is 10.2. The van der Waals surface area contributed by atoms with E-state index < -0.39 is 5.41 Å². The fraction of sp³-hybridized carbons (Fsp3) is 0.0682. The third kappa shape index (κ3) is 4.20. The van der Waals surface area contributed by atoms with Crippen molar-refractivity contribution >= 4 is 44.7 Å². The molecule has 10 rings (SSSR count). The molecule has 0 amide bonds. The zero-order valence-corrected chi connectivity index (χ0v) is 29.0. The normalized spacial score (nSPS) is 15.4. The summed E-state index contributed by atoms with van der Waals surface area (Å²) in [6, 6.07) is 54.0. The number of nitrogens with zero attached hydrogens (tertiary/aromatic N) is 4. The molecule has 3 heterocycles. The third-order valence-corrected chi connectivity index (χ3v) is 10.2. The monoisotopic (exact) mass is 809 g/mol. The van der Waals surface area contributed by atoms with Gasteiger partial charge >= 0.3 is 21.1 Å². The molecular formula is C44H30N4Pt. The van der Waals surface area contributed by atoms with Crippen LogP contribution in [0.15, 0.2) is 146 Å². The number of rotatable bonds is 4. The molecule has 0 N–H and O–H groups in total. The van der Waals surface area contributed by atoms with Crippen LogP contribution in [0.2, 0.25) is 0 Å². The first kappa shape index (κ1) is 29.8. The molecule has 2 aliphatic heterocycles. The van der Waals surface area contributed by atoms with Crippen LogP contribution in [0.4, 0.5) is 17.1 Å². The molecule has 3 aliphatic rings. The summed E-state index contributed by atoms with van der Waals surface area (Å²) in [5, 5.41) is 7.29. The van der Waals surface area contributed by atoms with Gasteiger partial charge in [-0.1, -0.05) is 114 Å². The number of anilines is 3. The fourth-order valence-corrected chi connectivity index (χ4v) is 8.14. The fourth-order valence-electron chi connectivity index (χ4n) is 8.14. The van der Waals surface area contributed by atoms with Gasteiger partial charge in [0.15, 0.2) is 0 Å². The Morgan fingerprint density at radius 3 is 2.14 bits per heavy atom. The van der Waals surface area contributed by atoms with Crippen LogP contribution in [0.1, 0.15) is 22.3 Å². The molecule has 0 atom stereocenters. The molecule has 4 nitrogen and oxygen atoms in total. The summed E-state index contributed by atoms with van der Waals surface area (Å²) in [7, 11) is 2.10. The first-order valence-corrected chi connectivity index (χ1v) is 16.4. The molecular weight excluding hydrogens is 780 g/mol. The van der Waals surface area contributed by atoms with Crippen molar-refractivity contribution in [2.75, 3.05) is 23.4 Å². The number of aromatic nitrogens is 1. The number of allylic oxidation sites excluding steroid dienone is 2. The van der Waals surface area contributed by atoms with Crippen molar-refractivity contribution < 1.29 is 21.1 Å². The maximum absolute atomic E-state index is 4.93. The van der Waals surface area contributed by atoms with Crippen molar-refractivity contribution in [3.05, 3.63) is 192 Å². The van der Waals surface area contributed by atoms with Crippen LogP contribution in [-0.4, -0.2) is 18.2 Å². The predicted octanol–water partition coefficient (Wildman–Crippen LogP) is 10.2. The van der Waals surface area contributed by atoms with Crippen molar-refractivity contribution in [1.29, 1.82) is 0 Å². The molecule has 6 aromatic carbocycles. The smallest absolute Gasteiger partial charge is 0.504 e. The molecule has 0 saturated carbocycles. The average molecular weight is 810 g/mol. The van der Waals surface area contributed by atoms with Gasteiger partial charge in [-0.2, -0.15) is 49.1 Å². The van der Waals surface area contributed by atoms with Gasteiger partial charge in [0.2, 0.25) is 0 Å². The summed E-state index contributed by atoms with van der Waals surface area (Å²) in [5.74, 6) is 0.930. The second kappa shape index (κ2) is 11.4. The SMILES string of the molecule is CN1[CH-]N(c2[c-]c(C3(c4[c-]c5c(cc4)c4ccccc4n5C4=CC=CC[N-]4)c4ccccc4-c4ccccc43)ccc2)c2ccccc21.[Pt+4]. The van der Waals surface area contributed by atoms with Crippen molar-refractivity contribution in [1.82, 2.24) is 4.57 Å². The quantitative estimate of drug-likeness (QED) is 0.166. The van der Waals surface area contributed by atoms with Gasteiger partial charge in [0.1, 0.15) is 0 Å². The molecule has 236 valence electrons. The summed E-state index contributed by atoms with van der Waals surface area (Å²) < 4.78 is 2.28. The molecule has 49 heavy (non-hydrogen) atoms. The predicted molar refractivity (Wildman–Crippen MR) is 197 cm³/mol. The molecule has 1 aliphatic carbocycles. The minimum absolute atomic E-state index is 0. The summed E-state index contributed by atoms with van der Waals surface area (Å²) in [6.07, 6.45) is 6.29. The Morgan fingerprint density at radius 1 is 0.673 bits per heavy atom. The molecule has 0 unspecified atom stereocenters. The number of hydrogen-bond acceptors (Lipinski definition) is 2. The number of para-hydroxylation sites is 3. The van der Waals surface area contributed by atoms with E-state index in [9.17, 15) is 0 Å². The maximum atomic E-state index is 4.93. The first-order valence-electron chi connectivity index (χ1n) is 16.4. The standard InChI is InChI=1S/C44H30N4.Pt/c1-46-29-47(41-22-9-8-21-40(41)46)32-14-12-13-30(27-32)44(37-18-5-2-15-33(37)34-16-3-6-19-38(34)44)31-24-25-36-35-17-4-7-20-39(35)48(42(36)28-31)43-23-10-11-26-45-43;/h2-25,29H,26H2,1H3;/q-4;+4. The van der Waals surface area contributed by atoms with Gasteiger partial charge in [0, 0.05) is 16.8 Å². The molecule has 7 aromatic rings. The van der Waals surface area contributed by atoms with Crippen LogP contribution >= 0.6 is 0 Å². The molecule has 0 saturated heterocycles. The van der Waals surface area contributed by atoms with E-state index in [4.69, 9.17) is 5.32 Å². The molecule has 0 bridgehead atoms. The van der Waals surface area contributed by atoms with Gasteiger partial charge in [-0.3, -0.25) is 0 Å². The Kier molecular flexibility index (Phi) is 6.93. The zero-order valence-electron chi connectivity index (χ0n) is 26.7. The molecule has 5 heteroatoms. The van der Waals surface area contributed by atoms with E-state index in [1.54, 1.807) is 0 Å². The molecule has 0 spiro atoms. The largest absolute Gasteiger partial charge is 4.00 e. The van der Waals surface area contributed by atoms with Gasteiger partial charge in [-0.15, -0.1) is 27.7 Å². The Balaban J connectivity index is 0.00000325. The number of hydrogen-bond donors (Lipinski definition) is 0. The Bertz CT molecular complexity index is 2440. The van der Waals surface area contributed by atoms with Gasteiger partial charge in [-0.05, 0) is 53.5 Å². The Morgan fingerprint density at radius 2 is 1.37 bits per heavy atom. The van der Waals surface area contributed by atoms with E-state index in [0.717, 1.165) is 39.4 Å². The molecule has 1 aromatic heterocycles. The zero-order chi connectivity index (χ0) is 31.8. The summed E-state index contributed by atoms with van der Waals surface area (Å²) in [4.78, 5) is 4.42. The average Bonchev–Trinajstić information content (AvgIpc) is 3.78. The Hall–Kier alpha value is -5.31. The molecule has 0 fully saturated rings. The van der Waals surface area contributed by atoms with Gasteiger partial charge in [0.25, 0.3) is 0 Å². The van der Waals surface area contributed by atoms with Crippen LogP contribution in [0.5, 0.6) is 0 Å². The minimum atomic E-state index is -0.651. The van der Waals surface area contributed by atoms with Gasteiger partial charge < -0.3 is 19.7 Å². The van der Waals surface area contributed by atoms with Crippen molar-refractivity contribution in [3.63, 3.8) is 0 Å². The van der Waals surface area contributed by atoms with Gasteiger partial charge in [-0.25, -0.2) is 0 Å². The van der Waals surface area contributed by atoms with Crippen molar-refractivity contribution in [2.24, 2.45) is 0 Å².